The Kier molecular flexibility index (Phi) is 5.79. The first-order chi connectivity index (χ1) is 9.35. The van der Waals surface area contributed by atoms with Crippen LogP contribution in [0.2, 0.25) is 0 Å². The van der Waals surface area contributed by atoms with Gasteiger partial charge in [-0.1, -0.05) is 30.3 Å². The van der Waals surface area contributed by atoms with Crippen molar-refractivity contribution in [3.63, 3.8) is 0 Å². The van der Waals surface area contributed by atoms with Gasteiger partial charge in [-0.3, -0.25) is 9.36 Å². The molecule has 0 aliphatic heterocycles. The van der Waals surface area contributed by atoms with Gasteiger partial charge in [0.15, 0.2) is 0 Å². The predicted octanol–water partition coefficient (Wildman–Crippen LogP) is 2.70. The summed E-state index contributed by atoms with van der Waals surface area (Å²) in [6.45, 7) is 5.47. The number of aryl methyl sites for hydroxylation is 2. The molecule has 0 saturated heterocycles. The Hall–Kier alpha value is -1.10. The fourth-order valence-electron chi connectivity index (χ4n) is 2.18. The van der Waals surface area contributed by atoms with E-state index in [1.807, 2.05) is 13.0 Å². The third-order valence-corrected chi connectivity index (χ3v) is 5.31. The maximum absolute atomic E-state index is 12.5. The minimum atomic E-state index is -4.07. The number of hydrogen-bond acceptors (Lipinski definition) is 2. The van der Waals surface area contributed by atoms with Gasteiger partial charge in [0.25, 0.3) is 12.9 Å². The van der Waals surface area contributed by atoms with E-state index in [1.165, 1.54) is 12.1 Å². The average Bonchev–Trinajstić information content (AvgIpc) is 2.44. The predicted molar refractivity (Wildman–Crippen MR) is 88.0 cm³/mol. The van der Waals surface area contributed by atoms with E-state index in [0.29, 0.717) is 5.56 Å². The summed E-state index contributed by atoms with van der Waals surface area (Å²) >= 11 is 0. The number of carbonyl (C=O) groups excluding carboxylic acids is 1. The summed E-state index contributed by atoms with van der Waals surface area (Å²) in [5.74, 6) is 0. The molecule has 1 unspecified atom stereocenters. The summed E-state index contributed by atoms with van der Waals surface area (Å²) in [5.41, 5.74) is 2.10. The summed E-state index contributed by atoms with van der Waals surface area (Å²) in [6, 6.07) is 11.8. The molecule has 0 amide bonds. The zero-order valence-corrected chi connectivity index (χ0v) is 12.6. The van der Waals surface area contributed by atoms with Gasteiger partial charge in [0.05, 0.1) is 0 Å². The van der Waals surface area contributed by atoms with E-state index in [4.69, 9.17) is 0 Å². The molecule has 0 heterocycles. The molecular weight excluding hydrogens is 278 g/mol. The fraction of sp³-hybridized carbons (Fsp3) is 0.188. The van der Waals surface area contributed by atoms with E-state index in [1.54, 1.807) is 38.1 Å². The Labute approximate surface area is 137 Å². The number of benzene rings is 2. The minimum absolute atomic E-state index is 0. The summed E-state index contributed by atoms with van der Waals surface area (Å²) in [5, 5.41) is 0.172. The molecule has 1 atom stereocenters. The second-order valence-corrected chi connectivity index (χ2v) is 6.99. The normalized spacial score (nSPS) is 13.1. The van der Waals surface area contributed by atoms with E-state index < -0.39 is 12.9 Å². The zero-order chi connectivity index (χ0) is 14.9. The average molecular weight is 296 g/mol. The topological polar surface area (TPSA) is 54.4 Å². The van der Waals surface area contributed by atoms with Crippen LogP contribution in [-0.2, 0) is 4.57 Å². The molecule has 5 heteroatoms. The van der Waals surface area contributed by atoms with E-state index >= 15 is 0 Å². The Morgan fingerprint density at radius 2 is 1.48 bits per heavy atom. The second kappa shape index (κ2) is 6.77. The number of rotatable bonds is 3. The van der Waals surface area contributed by atoms with E-state index in [2.05, 4.69) is 0 Å². The monoisotopic (exact) mass is 296 g/mol. The quantitative estimate of drug-likeness (QED) is 0.700. The van der Waals surface area contributed by atoms with Crippen molar-refractivity contribution < 1.29 is 14.3 Å². The van der Waals surface area contributed by atoms with Crippen LogP contribution in [-0.4, -0.2) is 29.3 Å². The molecule has 21 heavy (non-hydrogen) atoms. The first kappa shape index (κ1) is 17.9. The molecule has 1 N–H and O–H groups in total. The Balaban J connectivity index is 0.00000220. The van der Waals surface area contributed by atoms with Crippen LogP contribution in [0.1, 0.15) is 27.0 Å². The van der Waals surface area contributed by atoms with Crippen molar-refractivity contribution >= 4 is 37.1 Å². The SMILES string of the molecule is Cc1ccc(C)c(C(=O)P(=O)(O)c2ccccc2)c1C.[LiH]. The molecule has 2 rings (SSSR count). The fourth-order valence-corrected chi connectivity index (χ4v) is 3.64. The van der Waals surface area contributed by atoms with Crippen LogP contribution in [0, 0.1) is 20.8 Å². The van der Waals surface area contributed by atoms with Crippen LogP contribution < -0.4 is 5.30 Å². The van der Waals surface area contributed by atoms with E-state index in [-0.39, 0.29) is 24.2 Å². The molecule has 0 spiro atoms. The van der Waals surface area contributed by atoms with E-state index in [9.17, 15) is 14.3 Å². The third kappa shape index (κ3) is 3.39. The van der Waals surface area contributed by atoms with Crippen molar-refractivity contribution in [3.05, 3.63) is 64.7 Å². The molecule has 0 aliphatic carbocycles. The van der Waals surface area contributed by atoms with Gasteiger partial charge in [-0.05, 0) is 49.6 Å². The van der Waals surface area contributed by atoms with Crippen molar-refractivity contribution in [1.82, 2.24) is 0 Å². The molecule has 0 fully saturated rings. The summed E-state index contributed by atoms with van der Waals surface area (Å²) < 4.78 is 12.5. The second-order valence-electron chi connectivity index (χ2n) is 4.92. The summed E-state index contributed by atoms with van der Waals surface area (Å²) in [7, 11) is -4.07. The molecule has 0 saturated carbocycles. The number of carbonyl (C=O) groups is 1. The van der Waals surface area contributed by atoms with E-state index in [0.717, 1.165) is 16.7 Å². The molecule has 2 aromatic carbocycles. The Bertz CT molecular complexity index is 711. The van der Waals surface area contributed by atoms with Gasteiger partial charge in [-0.25, -0.2) is 0 Å². The molecule has 2 aromatic rings. The Morgan fingerprint density at radius 1 is 0.952 bits per heavy atom. The summed E-state index contributed by atoms with van der Waals surface area (Å²) in [4.78, 5) is 22.8. The molecular formula is C16H18LiO3P. The number of hydrogen-bond donors (Lipinski definition) is 1. The zero-order valence-electron chi connectivity index (χ0n) is 11.8. The third-order valence-electron chi connectivity index (χ3n) is 3.54. The van der Waals surface area contributed by atoms with Crippen molar-refractivity contribution in [3.8, 4) is 0 Å². The standard InChI is InChI=1S/C16H17O3P.Li.H/c1-11-9-10-12(2)15(13(11)3)16(17)20(18,19)14-7-5-4-6-8-14;;/h4-10H,1-3H3,(H,18,19);;. The first-order valence-corrected chi connectivity index (χ1v) is 8.01. The maximum atomic E-state index is 12.5. The Morgan fingerprint density at radius 3 is 2.05 bits per heavy atom. The first-order valence-electron chi connectivity index (χ1n) is 6.36. The molecule has 0 radical (unpaired) electrons. The van der Waals surface area contributed by atoms with Gasteiger partial charge in [0.2, 0.25) is 0 Å². The molecule has 0 aliphatic rings. The molecule has 3 nitrogen and oxygen atoms in total. The van der Waals surface area contributed by atoms with Crippen LogP contribution in [0.4, 0.5) is 0 Å². The van der Waals surface area contributed by atoms with Gasteiger partial charge in [-0.2, -0.15) is 0 Å². The van der Waals surface area contributed by atoms with Crippen LogP contribution in [0.3, 0.4) is 0 Å². The van der Waals surface area contributed by atoms with Crippen molar-refractivity contribution in [2.24, 2.45) is 0 Å². The van der Waals surface area contributed by atoms with Gasteiger partial charge < -0.3 is 4.89 Å². The van der Waals surface area contributed by atoms with Crippen molar-refractivity contribution in [1.29, 1.82) is 0 Å². The molecule has 0 aromatic heterocycles. The van der Waals surface area contributed by atoms with Crippen LogP contribution in [0.15, 0.2) is 42.5 Å². The summed E-state index contributed by atoms with van der Waals surface area (Å²) in [6.07, 6.45) is 0. The van der Waals surface area contributed by atoms with Gasteiger partial charge >= 0.3 is 18.9 Å². The molecule has 0 bridgehead atoms. The van der Waals surface area contributed by atoms with Crippen LogP contribution in [0.5, 0.6) is 0 Å². The van der Waals surface area contributed by atoms with Crippen molar-refractivity contribution in [2.45, 2.75) is 20.8 Å². The van der Waals surface area contributed by atoms with Crippen LogP contribution >= 0.6 is 7.37 Å². The van der Waals surface area contributed by atoms with Crippen LogP contribution in [0.25, 0.3) is 0 Å². The van der Waals surface area contributed by atoms with Gasteiger partial charge in [-0.15, -0.1) is 0 Å². The van der Waals surface area contributed by atoms with Gasteiger partial charge in [0.1, 0.15) is 0 Å². The van der Waals surface area contributed by atoms with Gasteiger partial charge in [0, 0.05) is 10.9 Å². The van der Waals surface area contributed by atoms with Crippen molar-refractivity contribution in [2.75, 3.05) is 0 Å². The molecule has 106 valence electrons.